The number of benzene rings is 1. The minimum absolute atomic E-state index is 0.0451. The molecule has 2 rings (SSSR count). The molecular formula is C12H10ClNO4. The van der Waals surface area contributed by atoms with Crippen molar-refractivity contribution in [2.45, 2.75) is 13.5 Å². The van der Waals surface area contributed by atoms with Crippen LogP contribution in [0.5, 0.6) is 0 Å². The third-order valence-corrected chi connectivity index (χ3v) is 3.17. The van der Waals surface area contributed by atoms with E-state index in [1.54, 1.807) is 13.0 Å². The molecule has 2 aromatic rings. The molecule has 0 unspecified atom stereocenters. The van der Waals surface area contributed by atoms with Crippen LogP contribution < -0.4 is 0 Å². The fourth-order valence-electron chi connectivity index (χ4n) is 2.05. The summed E-state index contributed by atoms with van der Waals surface area (Å²) < 4.78 is 1.49. The van der Waals surface area contributed by atoms with Crippen LogP contribution in [0.1, 0.15) is 27.6 Å². The van der Waals surface area contributed by atoms with Crippen molar-refractivity contribution in [1.82, 2.24) is 4.57 Å². The van der Waals surface area contributed by atoms with Gasteiger partial charge in [0.15, 0.2) is 0 Å². The molecule has 0 atom stereocenters. The van der Waals surface area contributed by atoms with Crippen molar-refractivity contribution in [3.63, 3.8) is 0 Å². The molecule has 18 heavy (non-hydrogen) atoms. The molecule has 0 bridgehead atoms. The highest BCUT2D eigenvalue weighted by molar-refractivity contribution is 6.35. The molecule has 1 heterocycles. The predicted molar refractivity (Wildman–Crippen MR) is 66.5 cm³/mol. The van der Waals surface area contributed by atoms with Gasteiger partial charge in [-0.1, -0.05) is 23.7 Å². The third kappa shape index (κ3) is 1.64. The highest BCUT2D eigenvalue weighted by Crippen LogP contribution is 2.32. The van der Waals surface area contributed by atoms with Crippen LogP contribution in [-0.2, 0) is 6.54 Å². The number of rotatable bonds is 3. The molecule has 0 radical (unpaired) electrons. The molecule has 0 saturated heterocycles. The van der Waals surface area contributed by atoms with Crippen molar-refractivity contribution in [3.05, 3.63) is 34.5 Å². The molecule has 6 heteroatoms. The number of para-hydroxylation sites is 1. The number of hydrogen-bond acceptors (Lipinski definition) is 2. The summed E-state index contributed by atoms with van der Waals surface area (Å²) in [5, 5.41) is 18.7. The van der Waals surface area contributed by atoms with E-state index in [9.17, 15) is 9.59 Å². The Labute approximate surface area is 107 Å². The molecular weight excluding hydrogens is 258 g/mol. The fourth-order valence-corrected chi connectivity index (χ4v) is 2.44. The lowest BCUT2D eigenvalue weighted by molar-refractivity contribution is 0.0687. The first-order valence-electron chi connectivity index (χ1n) is 5.26. The van der Waals surface area contributed by atoms with Crippen molar-refractivity contribution in [2.75, 3.05) is 0 Å². The van der Waals surface area contributed by atoms with Gasteiger partial charge in [0.2, 0.25) is 0 Å². The van der Waals surface area contributed by atoms with Crippen molar-refractivity contribution in [2.24, 2.45) is 0 Å². The average Bonchev–Trinajstić information content (AvgIpc) is 2.59. The lowest BCUT2D eigenvalue weighted by Crippen LogP contribution is -2.02. The molecule has 1 aromatic heterocycles. The second-order valence-corrected chi connectivity index (χ2v) is 4.08. The molecule has 0 saturated carbocycles. The largest absolute Gasteiger partial charge is 0.478 e. The number of fused-ring (bicyclic) bond motifs is 1. The quantitative estimate of drug-likeness (QED) is 0.896. The number of nitrogens with zero attached hydrogens (tertiary/aromatic N) is 1. The zero-order valence-corrected chi connectivity index (χ0v) is 10.2. The van der Waals surface area contributed by atoms with Crippen molar-refractivity contribution in [3.8, 4) is 0 Å². The van der Waals surface area contributed by atoms with Crippen LogP contribution in [-0.4, -0.2) is 26.7 Å². The molecule has 1 aromatic carbocycles. The monoisotopic (exact) mass is 267 g/mol. The Bertz CT molecular complexity index is 660. The fraction of sp³-hybridized carbons (Fsp3) is 0.167. The Morgan fingerprint density at radius 3 is 2.44 bits per heavy atom. The van der Waals surface area contributed by atoms with Gasteiger partial charge in [-0.15, -0.1) is 0 Å². The number of halogens is 1. The highest BCUT2D eigenvalue weighted by Gasteiger charge is 2.23. The van der Waals surface area contributed by atoms with E-state index >= 15 is 0 Å². The van der Waals surface area contributed by atoms with Crippen molar-refractivity contribution >= 4 is 34.4 Å². The summed E-state index contributed by atoms with van der Waals surface area (Å²) in [6.07, 6.45) is 0. The molecule has 2 N–H and O–H groups in total. The molecule has 0 aliphatic rings. The SMILES string of the molecule is CCn1c(Cl)c(C(=O)O)c2cccc(C(=O)O)c21. The second-order valence-electron chi connectivity index (χ2n) is 3.72. The van der Waals surface area contributed by atoms with Gasteiger partial charge in [0.05, 0.1) is 11.1 Å². The van der Waals surface area contributed by atoms with Gasteiger partial charge < -0.3 is 14.8 Å². The smallest absolute Gasteiger partial charge is 0.339 e. The number of carboxylic acids is 2. The summed E-state index contributed by atoms with van der Waals surface area (Å²) in [5.41, 5.74) is 0.329. The topological polar surface area (TPSA) is 79.5 Å². The number of carbonyl (C=O) groups is 2. The Morgan fingerprint density at radius 1 is 1.28 bits per heavy atom. The summed E-state index contributed by atoms with van der Waals surface area (Å²) in [7, 11) is 0. The van der Waals surface area contributed by atoms with Gasteiger partial charge in [0.1, 0.15) is 10.7 Å². The first kappa shape index (κ1) is 12.4. The Balaban J connectivity index is 3.00. The molecule has 0 fully saturated rings. The van der Waals surface area contributed by atoms with E-state index in [0.29, 0.717) is 17.4 Å². The second kappa shape index (κ2) is 4.34. The molecule has 94 valence electrons. The van der Waals surface area contributed by atoms with E-state index < -0.39 is 11.9 Å². The number of aromatic nitrogens is 1. The highest BCUT2D eigenvalue weighted by atomic mass is 35.5. The van der Waals surface area contributed by atoms with E-state index in [4.69, 9.17) is 21.8 Å². The minimum atomic E-state index is -1.17. The van der Waals surface area contributed by atoms with Crippen LogP contribution in [0.2, 0.25) is 5.15 Å². The van der Waals surface area contributed by atoms with Gasteiger partial charge in [0, 0.05) is 11.9 Å². The Morgan fingerprint density at radius 2 is 1.94 bits per heavy atom. The zero-order chi connectivity index (χ0) is 13.4. The number of hydrogen-bond donors (Lipinski definition) is 2. The van der Waals surface area contributed by atoms with E-state index in [1.807, 2.05) is 0 Å². The van der Waals surface area contributed by atoms with Gasteiger partial charge in [0.25, 0.3) is 0 Å². The van der Waals surface area contributed by atoms with Crippen LogP contribution in [0, 0.1) is 0 Å². The lowest BCUT2D eigenvalue weighted by atomic mass is 10.1. The summed E-state index contributed by atoms with van der Waals surface area (Å²) in [4.78, 5) is 22.4. The summed E-state index contributed by atoms with van der Waals surface area (Å²) in [6.45, 7) is 2.17. The third-order valence-electron chi connectivity index (χ3n) is 2.78. The van der Waals surface area contributed by atoms with E-state index in [1.165, 1.54) is 16.7 Å². The van der Waals surface area contributed by atoms with Crippen LogP contribution in [0.15, 0.2) is 18.2 Å². The van der Waals surface area contributed by atoms with E-state index in [2.05, 4.69) is 0 Å². The number of carboxylic acid groups (broad SMARTS) is 2. The normalized spacial score (nSPS) is 10.8. The van der Waals surface area contributed by atoms with Crippen LogP contribution in [0.3, 0.4) is 0 Å². The van der Waals surface area contributed by atoms with Crippen LogP contribution in [0.4, 0.5) is 0 Å². The maximum atomic E-state index is 11.2. The summed E-state index contributed by atoms with van der Waals surface area (Å²) >= 11 is 6.01. The Kier molecular flexibility index (Phi) is 3.00. The molecule has 5 nitrogen and oxygen atoms in total. The first-order chi connectivity index (χ1) is 8.49. The zero-order valence-electron chi connectivity index (χ0n) is 9.48. The maximum Gasteiger partial charge on any atom is 0.339 e. The Hall–Kier alpha value is -2.01. The first-order valence-corrected chi connectivity index (χ1v) is 5.64. The summed E-state index contributed by atoms with van der Waals surface area (Å²) in [6, 6.07) is 4.50. The lowest BCUT2D eigenvalue weighted by Gasteiger charge is -2.04. The van der Waals surface area contributed by atoms with Gasteiger partial charge in [-0.3, -0.25) is 0 Å². The number of aromatic carboxylic acids is 2. The van der Waals surface area contributed by atoms with Gasteiger partial charge in [-0.05, 0) is 13.0 Å². The minimum Gasteiger partial charge on any atom is -0.478 e. The van der Waals surface area contributed by atoms with Gasteiger partial charge in [-0.25, -0.2) is 9.59 Å². The van der Waals surface area contributed by atoms with Crippen LogP contribution >= 0.6 is 11.6 Å². The van der Waals surface area contributed by atoms with E-state index in [0.717, 1.165) is 0 Å². The van der Waals surface area contributed by atoms with Crippen LogP contribution in [0.25, 0.3) is 10.9 Å². The molecule has 0 amide bonds. The molecule has 0 aliphatic carbocycles. The maximum absolute atomic E-state index is 11.2. The standard InChI is InChI=1S/C12H10ClNO4/c1-2-14-9-6(8(10(14)13)12(17)18)4-3-5-7(9)11(15)16/h3-5H,2H2,1H3,(H,15,16)(H,17,18). The predicted octanol–water partition coefficient (Wildman–Crippen LogP) is 2.71. The van der Waals surface area contributed by atoms with Gasteiger partial charge in [-0.2, -0.15) is 0 Å². The molecule has 0 aliphatic heterocycles. The van der Waals surface area contributed by atoms with Crippen molar-refractivity contribution in [1.29, 1.82) is 0 Å². The number of aryl methyl sites for hydroxylation is 1. The summed E-state index contributed by atoms with van der Waals surface area (Å²) in [5.74, 6) is -2.28. The van der Waals surface area contributed by atoms with Crippen molar-refractivity contribution < 1.29 is 19.8 Å². The average molecular weight is 268 g/mol. The van der Waals surface area contributed by atoms with Gasteiger partial charge >= 0.3 is 11.9 Å². The van der Waals surface area contributed by atoms with E-state index in [-0.39, 0.29) is 16.3 Å². The molecule has 0 spiro atoms.